The number of primary amides is 1. The van der Waals surface area contributed by atoms with Crippen LogP contribution in [0.4, 0.5) is 4.39 Å². The van der Waals surface area contributed by atoms with Gasteiger partial charge in [0, 0.05) is 36.7 Å². The Hall–Kier alpha value is -2.71. The molecule has 6 nitrogen and oxygen atoms in total. The maximum Gasteiger partial charge on any atom is 0.250 e. The van der Waals surface area contributed by atoms with Gasteiger partial charge in [-0.05, 0) is 31.2 Å². The number of carbonyl (C=O) groups excluding carboxylic acids is 2. The summed E-state index contributed by atoms with van der Waals surface area (Å²) in [6, 6.07) is 6.13. The highest BCUT2D eigenvalue weighted by atomic mass is 35.5. The molecule has 146 valence electrons. The number of nitrogens with one attached hydrogen (secondary N) is 1. The number of amides is 2. The average Bonchev–Trinajstić information content (AvgIpc) is 3.23. The fourth-order valence-corrected chi connectivity index (χ4v) is 3.88. The monoisotopic (exact) mass is 420 g/mol. The van der Waals surface area contributed by atoms with E-state index in [9.17, 15) is 14.0 Å². The second-order valence-electron chi connectivity index (χ2n) is 6.19. The fraction of sp³-hybridized carbons (Fsp3) is 0.211. The van der Waals surface area contributed by atoms with Gasteiger partial charge in [-0.25, -0.2) is 9.37 Å². The van der Waals surface area contributed by atoms with Crippen LogP contribution in [0.15, 0.2) is 29.6 Å². The first-order chi connectivity index (χ1) is 13.3. The first-order valence-corrected chi connectivity index (χ1v) is 9.69. The van der Waals surface area contributed by atoms with E-state index in [1.807, 2.05) is 9.95 Å². The van der Waals surface area contributed by atoms with Gasteiger partial charge in [0.05, 0.1) is 22.0 Å². The van der Waals surface area contributed by atoms with Crippen molar-refractivity contribution >= 4 is 34.8 Å². The number of benzene rings is 1. The van der Waals surface area contributed by atoms with Crippen molar-refractivity contribution in [3.63, 3.8) is 0 Å². The van der Waals surface area contributed by atoms with Gasteiger partial charge in [-0.2, -0.15) is 0 Å². The molecule has 0 atom stereocenters. The van der Waals surface area contributed by atoms with Crippen molar-refractivity contribution in [2.24, 2.45) is 5.73 Å². The van der Waals surface area contributed by atoms with Crippen LogP contribution >= 0.6 is 22.9 Å². The van der Waals surface area contributed by atoms with Crippen LogP contribution in [-0.2, 0) is 11.3 Å². The number of nitrogens with two attached hydrogens (primary N) is 1. The summed E-state index contributed by atoms with van der Waals surface area (Å²) in [7, 11) is 0. The average molecular weight is 421 g/mol. The molecule has 0 radical (unpaired) electrons. The fourth-order valence-electron chi connectivity index (χ4n) is 2.89. The van der Waals surface area contributed by atoms with Gasteiger partial charge in [-0.15, -0.1) is 11.3 Å². The van der Waals surface area contributed by atoms with Crippen LogP contribution in [0.25, 0.3) is 22.0 Å². The Kier molecular flexibility index (Phi) is 5.81. The number of hydrogen-bond acceptors (Lipinski definition) is 4. The molecule has 0 bridgehead atoms. The third kappa shape index (κ3) is 4.07. The van der Waals surface area contributed by atoms with Gasteiger partial charge in [0.2, 0.25) is 5.91 Å². The Morgan fingerprint density at radius 2 is 2.11 bits per heavy atom. The summed E-state index contributed by atoms with van der Waals surface area (Å²) in [4.78, 5) is 27.5. The zero-order valence-electron chi connectivity index (χ0n) is 15.3. The molecule has 0 fully saturated rings. The lowest BCUT2D eigenvalue weighted by Gasteiger charge is -2.11. The summed E-state index contributed by atoms with van der Waals surface area (Å²) < 4.78 is 15.3. The molecule has 0 saturated carbocycles. The summed E-state index contributed by atoms with van der Waals surface area (Å²) in [5.74, 6) is -1.15. The molecular formula is C19H18ClFN4O2S. The van der Waals surface area contributed by atoms with E-state index in [0.29, 0.717) is 46.3 Å². The van der Waals surface area contributed by atoms with Crippen LogP contribution in [-0.4, -0.2) is 27.9 Å². The van der Waals surface area contributed by atoms with Gasteiger partial charge < -0.3 is 15.6 Å². The molecule has 1 aromatic carbocycles. The summed E-state index contributed by atoms with van der Waals surface area (Å²) in [5.41, 5.74) is 8.66. The van der Waals surface area contributed by atoms with Crippen molar-refractivity contribution in [2.45, 2.75) is 20.4 Å². The van der Waals surface area contributed by atoms with Gasteiger partial charge in [-0.3, -0.25) is 9.59 Å². The molecule has 3 aromatic rings. The highest BCUT2D eigenvalue weighted by Crippen LogP contribution is 2.32. The third-order valence-electron chi connectivity index (χ3n) is 4.27. The molecule has 0 aliphatic carbocycles. The summed E-state index contributed by atoms with van der Waals surface area (Å²) in [6.07, 6.45) is 0. The number of aromatic nitrogens is 2. The first-order valence-electron chi connectivity index (χ1n) is 8.43. The van der Waals surface area contributed by atoms with Crippen molar-refractivity contribution in [3.05, 3.63) is 51.7 Å². The Balaban J connectivity index is 1.99. The first kappa shape index (κ1) is 20.0. The van der Waals surface area contributed by atoms with Crippen LogP contribution in [0.5, 0.6) is 0 Å². The molecule has 0 saturated heterocycles. The second kappa shape index (κ2) is 8.12. The maximum atomic E-state index is 13.4. The standard InChI is InChI=1S/C19H18ClFN4O2S/c1-10-13(18(22)27)8-17(25(10)6-5-23-11(2)26)16-9-28-19(24-16)12-3-4-15(21)14(20)7-12/h3-4,7-9H,5-6H2,1-2H3,(H2,22,27)(H,23,26). The number of nitrogens with zero attached hydrogens (tertiary/aromatic N) is 2. The number of halogens is 2. The predicted octanol–water partition coefficient (Wildman–Crippen LogP) is 3.61. The molecule has 0 spiro atoms. The summed E-state index contributed by atoms with van der Waals surface area (Å²) in [6.45, 7) is 4.10. The minimum atomic E-state index is -0.530. The SMILES string of the molecule is CC(=O)NCCn1c(-c2csc(-c3ccc(F)c(Cl)c3)n2)cc(C(N)=O)c1C. The maximum absolute atomic E-state index is 13.4. The molecular weight excluding hydrogens is 403 g/mol. The summed E-state index contributed by atoms with van der Waals surface area (Å²) >= 11 is 7.25. The Bertz CT molecular complexity index is 1060. The predicted molar refractivity (Wildman–Crippen MR) is 108 cm³/mol. The minimum Gasteiger partial charge on any atom is -0.366 e. The Labute approximate surface area is 170 Å². The molecule has 9 heteroatoms. The lowest BCUT2D eigenvalue weighted by Crippen LogP contribution is -2.25. The molecule has 0 unspecified atom stereocenters. The van der Waals surface area contributed by atoms with Crippen LogP contribution in [0, 0.1) is 12.7 Å². The molecule has 3 N–H and O–H groups in total. The van der Waals surface area contributed by atoms with E-state index in [1.54, 1.807) is 19.1 Å². The number of carbonyl (C=O) groups is 2. The van der Waals surface area contributed by atoms with Crippen LogP contribution in [0.1, 0.15) is 23.0 Å². The van der Waals surface area contributed by atoms with Gasteiger partial charge in [0.15, 0.2) is 0 Å². The van der Waals surface area contributed by atoms with E-state index >= 15 is 0 Å². The number of hydrogen-bond donors (Lipinski definition) is 2. The van der Waals surface area contributed by atoms with E-state index in [2.05, 4.69) is 10.3 Å². The van der Waals surface area contributed by atoms with Crippen LogP contribution in [0.3, 0.4) is 0 Å². The molecule has 2 heterocycles. The lowest BCUT2D eigenvalue weighted by atomic mass is 10.2. The zero-order chi connectivity index (χ0) is 20.4. The molecule has 3 rings (SSSR count). The number of rotatable bonds is 6. The Morgan fingerprint density at radius 1 is 1.36 bits per heavy atom. The molecule has 28 heavy (non-hydrogen) atoms. The largest absolute Gasteiger partial charge is 0.366 e. The van der Waals surface area contributed by atoms with Gasteiger partial charge in [-0.1, -0.05) is 11.6 Å². The van der Waals surface area contributed by atoms with Crippen LogP contribution < -0.4 is 11.1 Å². The van der Waals surface area contributed by atoms with Gasteiger partial charge in [0.25, 0.3) is 5.91 Å². The van der Waals surface area contributed by atoms with Crippen molar-refractivity contribution in [3.8, 4) is 22.0 Å². The van der Waals surface area contributed by atoms with Crippen molar-refractivity contribution in [1.82, 2.24) is 14.9 Å². The quantitative estimate of drug-likeness (QED) is 0.638. The normalized spacial score (nSPS) is 10.9. The highest BCUT2D eigenvalue weighted by Gasteiger charge is 2.19. The number of thiazole rings is 1. The molecule has 0 aliphatic heterocycles. The second-order valence-corrected chi connectivity index (χ2v) is 7.46. The van der Waals surface area contributed by atoms with E-state index in [-0.39, 0.29) is 10.9 Å². The molecule has 2 amide bonds. The van der Waals surface area contributed by atoms with Crippen molar-refractivity contribution in [2.75, 3.05) is 6.54 Å². The van der Waals surface area contributed by atoms with E-state index < -0.39 is 11.7 Å². The van der Waals surface area contributed by atoms with E-state index in [1.165, 1.54) is 30.4 Å². The van der Waals surface area contributed by atoms with E-state index in [4.69, 9.17) is 17.3 Å². The highest BCUT2D eigenvalue weighted by molar-refractivity contribution is 7.13. The molecule has 0 aliphatic rings. The van der Waals surface area contributed by atoms with Gasteiger partial charge >= 0.3 is 0 Å². The minimum absolute atomic E-state index is 0.0276. The van der Waals surface area contributed by atoms with Crippen LogP contribution in [0.2, 0.25) is 5.02 Å². The Morgan fingerprint density at radius 3 is 2.75 bits per heavy atom. The zero-order valence-corrected chi connectivity index (χ0v) is 16.8. The third-order valence-corrected chi connectivity index (χ3v) is 5.46. The van der Waals surface area contributed by atoms with E-state index in [0.717, 1.165) is 0 Å². The smallest absolute Gasteiger partial charge is 0.250 e. The molecule has 2 aromatic heterocycles. The van der Waals surface area contributed by atoms with Crippen molar-refractivity contribution < 1.29 is 14.0 Å². The van der Waals surface area contributed by atoms with Crippen molar-refractivity contribution in [1.29, 1.82) is 0 Å². The lowest BCUT2D eigenvalue weighted by molar-refractivity contribution is -0.118. The topological polar surface area (TPSA) is 90.0 Å². The summed E-state index contributed by atoms with van der Waals surface area (Å²) in [5, 5.41) is 5.28. The van der Waals surface area contributed by atoms with Gasteiger partial charge in [0.1, 0.15) is 10.8 Å².